The third-order valence-corrected chi connectivity index (χ3v) is 5.83. The average molecular weight is 315 g/mol. The van der Waals surface area contributed by atoms with Crippen molar-refractivity contribution < 1.29 is 8.42 Å². The van der Waals surface area contributed by atoms with Crippen molar-refractivity contribution >= 4 is 43.7 Å². The number of nitrogens with zero attached hydrogens (tertiary/aromatic N) is 1. The van der Waals surface area contributed by atoms with Crippen LogP contribution < -0.4 is 0 Å². The van der Waals surface area contributed by atoms with Crippen LogP contribution in [0, 0.1) is 5.41 Å². The number of thioether (sulfide) groups is 1. The number of amidine groups is 1. The van der Waals surface area contributed by atoms with Gasteiger partial charge in [0.15, 0.2) is 15.0 Å². The molecule has 2 heterocycles. The molecule has 0 spiro atoms. The van der Waals surface area contributed by atoms with E-state index in [9.17, 15) is 8.42 Å². The molecule has 0 unspecified atom stereocenters. The molecular weight excluding hydrogens is 300 g/mol. The Balaban J connectivity index is 0.00000112. The number of hydrogen-bond donors (Lipinski definition) is 1. The lowest BCUT2D eigenvalue weighted by molar-refractivity contribution is 0.356. The van der Waals surface area contributed by atoms with Gasteiger partial charge in [-0.2, -0.15) is 0 Å². The second kappa shape index (κ2) is 4.63. The highest BCUT2D eigenvalue weighted by molar-refractivity contribution is 8.93. The molecule has 2 rings (SSSR count). The molecule has 15 heavy (non-hydrogen) atoms. The second-order valence-corrected chi connectivity index (χ2v) is 7.18. The van der Waals surface area contributed by atoms with E-state index in [1.807, 2.05) is 4.90 Å². The van der Waals surface area contributed by atoms with Crippen LogP contribution in [-0.2, 0) is 9.84 Å². The van der Waals surface area contributed by atoms with Crippen molar-refractivity contribution in [2.75, 3.05) is 18.1 Å². The lowest BCUT2D eigenvalue weighted by atomic mass is 10.2. The minimum atomic E-state index is -2.84. The minimum absolute atomic E-state index is 0. The molecule has 4 nitrogen and oxygen atoms in total. The summed E-state index contributed by atoms with van der Waals surface area (Å²) in [5.74, 6) is 0.498. The monoisotopic (exact) mass is 314 g/mol. The summed E-state index contributed by atoms with van der Waals surface area (Å²) in [5.41, 5.74) is 0. The summed E-state index contributed by atoms with van der Waals surface area (Å²) in [6.45, 7) is 2.86. The summed E-state index contributed by atoms with van der Waals surface area (Å²) in [5, 5.41) is 8.39. The number of halogens is 1. The Hall–Kier alpha value is 0.250. The van der Waals surface area contributed by atoms with E-state index in [1.54, 1.807) is 0 Å². The third kappa shape index (κ3) is 2.50. The Bertz CT molecular complexity index is 358. The molecule has 1 N–H and O–H groups in total. The van der Waals surface area contributed by atoms with E-state index in [2.05, 4.69) is 6.92 Å². The van der Waals surface area contributed by atoms with E-state index in [1.165, 1.54) is 11.8 Å². The van der Waals surface area contributed by atoms with Gasteiger partial charge >= 0.3 is 0 Å². The third-order valence-electron chi connectivity index (χ3n) is 2.66. The second-order valence-electron chi connectivity index (χ2n) is 3.80. The predicted octanol–water partition coefficient (Wildman–Crippen LogP) is 1.12. The summed E-state index contributed by atoms with van der Waals surface area (Å²) in [6, 6.07) is 0.0671. The highest BCUT2D eigenvalue weighted by Crippen LogP contribution is 2.37. The van der Waals surface area contributed by atoms with Crippen LogP contribution in [0.15, 0.2) is 0 Å². The van der Waals surface area contributed by atoms with E-state index in [-0.39, 0.29) is 39.8 Å². The van der Waals surface area contributed by atoms with Crippen LogP contribution in [0.1, 0.15) is 13.3 Å². The van der Waals surface area contributed by atoms with Crippen molar-refractivity contribution in [1.29, 1.82) is 5.41 Å². The van der Waals surface area contributed by atoms with Crippen molar-refractivity contribution in [2.45, 2.75) is 24.6 Å². The molecule has 7 heteroatoms. The molecule has 2 aliphatic heterocycles. The Morgan fingerprint density at radius 3 is 2.80 bits per heavy atom. The van der Waals surface area contributed by atoms with Gasteiger partial charge in [-0.3, -0.25) is 5.41 Å². The normalized spacial score (nSPS) is 32.6. The molecule has 88 valence electrons. The zero-order chi connectivity index (χ0) is 10.3. The van der Waals surface area contributed by atoms with Crippen LogP contribution in [0.2, 0.25) is 0 Å². The fraction of sp³-hybridized carbons (Fsp3) is 0.875. The molecular formula is C8H15BrN2O2S2. The van der Waals surface area contributed by atoms with Crippen molar-refractivity contribution in [3.8, 4) is 0 Å². The highest BCUT2D eigenvalue weighted by Gasteiger charge is 2.47. The molecule has 2 saturated heterocycles. The number of hydrogen-bond acceptors (Lipinski definition) is 4. The van der Waals surface area contributed by atoms with Crippen molar-refractivity contribution in [3.63, 3.8) is 0 Å². The molecule has 0 radical (unpaired) electrons. The average Bonchev–Trinajstić information content (AvgIpc) is 2.47. The smallest absolute Gasteiger partial charge is 0.157 e. The Kier molecular flexibility index (Phi) is 4.11. The molecule has 0 aromatic rings. The van der Waals surface area contributed by atoms with Crippen molar-refractivity contribution in [2.24, 2.45) is 0 Å². The van der Waals surface area contributed by atoms with Gasteiger partial charge in [0.05, 0.1) is 17.5 Å². The first-order chi connectivity index (χ1) is 6.53. The lowest BCUT2D eigenvalue weighted by Crippen LogP contribution is -2.37. The number of sulfone groups is 1. The first-order valence-corrected chi connectivity index (χ1v) is 7.46. The maximum atomic E-state index is 11.4. The lowest BCUT2D eigenvalue weighted by Gasteiger charge is -2.22. The maximum Gasteiger partial charge on any atom is 0.157 e. The van der Waals surface area contributed by atoms with E-state index >= 15 is 0 Å². The molecule has 2 atom stereocenters. The van der Waals surface area contributed by atoms with Gasteiger partial charge in [0.2, 0.25) is 0 Å². The molecule has 0 aromatic carbocycles. The SMILES string of the molecule is Br.CCCN1C(=N)S[C@H]2CS(=O)(=O)C[C@H]21. The minimum Gasteiger partial charge on any atom is -0.346 e. The molecule has 0 bridgehead atoms. The predicted molar refractivity (Wildman–Crippen MR) is 68.9 cm³/mol. The fourth-order valence-corrected chi connectivity index (χ4v) is 5.93. The Morgan fingerprint density at radius 2 is 2.20 bits per heavy atom. The first kappa shape index (κ1) is 13.3. The van der Waals surface area contributed by atoms with Crippen LogP contribution in [0.4, 0.5) is 0 Å². The van der Waals surface area contributed by atoms with Crippen LogP contribution >= 0.6 is 28.7 Å². The van der Waals surface area contributed by atoms with Gasteiger partial charge in [0.25, 0.3) is 0 Å². The number of nitrogens with one attached hydrogen (secondary N) is 1. The summed E-state index contributed by atoms with van der Waals surface area (Å²) in [6.07, 6.45) is 0.964. The van der Waals surface area contributed by atoms with Crippen LogP contribution in [0.3, 0.4) is 0 Å². The molecule has 0 aliphatic carbocycles. The van der Waals surface area contributed by atoms with Gasteiger partial charge in [-0.1, -0.05) is 18.7 Å². The molecule has 0 amide bonds. The number of rotatable bonds is 2. The van der Waals surface area contributed by atoms with Crippen LogP contribution in [0.5, 0.6) is 0 Å². The molecule has 2 aliphatic rings. The van der Waals surface area contributed by atoms with Crippen molar-refractivity contribution in [3.05, 3.63) is 0 Å². The summed E-state index contributed by atoms with van der Waals surface area (Å²) in [7, 11) is -2.84. The van der Waals surface area contributed by atoms with Gasteiger partial charge < -0.3 is 4.90 Å². The van der Waals surface area contributed by atoms with Gasteiger partial charge in [0.1, 0.15) is 0 Å². The molecule has 0 saturated carbocycles. The Labute approximate surface area is 105 Å². The zero-order valence-electron chi connectivity index (χ0n) is 8.47. The largest absolute Gasteiger partial charge is 0.346 e. The van der Waals surface area contributed by atoms with E-state index in [4.69, 9.17) is 5.41 Å². The summed E-state index contributed by atoms with van der Waals surface area (Å²) in [4.78, 5) is 1.94. The van der Waals surface area contributed by atoms with Crippen molar-refractivity contribution in [1.82, 2.24) is 4.90 Å². The van der Waals surface area contributed by atoms with Gasteiger partial charge in [-0.15, -0.1) is 17.0 Å². The van der Waals surface area contributed by atoms with Crippen LogP contribution in [0.25, 0.3) is 0 Å². The molecule has 2 fully saturated rings. The van der Waals surface area contributed by atoms with Gasteiger partial charge in [0, 0.05) is 11.8 Å². The number of fused-ring (bicyclic) bond motifs is 1. The maximum absolute atomic E-state index is 11.4. The van der Waals surface area contributed by atoms with E-state index in [0.717, 1.165) is 13.0 Å². The summed E-state index contributed by atoms with van der Waals surface area (Å²) < 4.78 is 22.8. The fourth-order valence-electron chi connectivity index (χ4n) is 2.07. The van der Waals surface area contributed by atoms with E-state index in [0.29, 0.717) is 5.17 Å². The highest BCUT2D eigenvalue weighted by atomic mass is 79.9. The van der Waals surface area contributed by atoms with Gasteiger partial charge in [-0.25, -0.2) is 8.42 Å². The first-order valence-electron chi connectivity index (χ1n) is 4.76. The standard InChI is InChI=1S/C8H14N2O2S2.BrH/c1-2-3-10-6-4-14(11,12)5-7(6)13-8(10)9;/h6-7,9H,2-5H2,1H3;1H/t6-,7+;/m1./s1. The molecule has 0 aromatic heterocycles. The van der Waals surface area contributed by atoms with Gasteiger partial charge in [-0.05, 0) is 6.42 Å². The topological polar surface area (TPSA) is 61.2 Å². The Morgan fingerprint density at radius 1 is 1.53 bits per heavy atom. The van der Waals surface area contributed by atoms with Crippen LogP contribution in [-0.4, -0.2) is 47.8 Å². The summed E-state index contributed by atoms with van der Waals surface area (Å²) >= 11 is 1.42. The zero-order valence-corrected chi connectivity index (χ0v) is 11.8. The quantitative estimate of drug-likeness (QED) is 0.830. The van der Waals surface area contributed by atoms with E-state index < -0.39 is 9.84 Å².